The molecule has 0 aliphatic carbocycles. The van der Waals surface area contributed by atoms with Crippen LogP contribution in [0.4, 0.5) is 13.2 Å². The first-order valence-corrected chi connectivity index (χ1v) is 5.21. The zero-order chi connectivity index (χ0) is 13.5. The van der Waals surface area contributed by atoms with Crippen molar-refractivity contribution < 1.29 is 18.3 Å². The molecule has 0 aliphatic rings. The van der Waals surface area contributed by atoms with E-state index in [1.807, 2.05) is 0 Å². The van der Waals surface area contributed by atoms with Crippen LogP contribution in [0.1, 0.15) is 16.7 Å². The van der Waals surface area contributed by atoms with E-state index < -0.39 is 11.7 Å². The van der Waals surface area contributed by atoms with Crippen LogP contribution < -0.4 is 0 Å². The van der Waals surface area contributed by atoms with E-state index in [9.17, 15) is 18.3 Å². The lowest BCUT2D eigenvalue weighted by molar-refractivity contribution is -0.137. The van der Waals surface area contributed by atoms with Crippen molar-refractivity contribution in [3.8, 4) is 11.4 Å². The molecule has 18 heavy (non-hydrogen) atoms. The van der Waals surface area contributed by atoms with Crippen molar-refractivity contribution in [2.45, 2.75) is 20.0 Å². The van der Waals surface area contributed by atoms with Gasteiger partial charge in [0.1, 0.15) is 5.75 Å². The Morgan fingerprint density at radius 2 is 1.72 bits per heavy atom. The number of phenols is 1. The Morgan fingerprint density at radius 1 is 1.17 bits per heavy atom. The highest BCUT2D eigenvalue weighted by Gasteiger charge is 2.32. The Balaban J connectivity index is 2.53. The first kappa shape index (κ1) is 12.5. The second kappa shape index (κ2) is 4.04. The number of aryl methyl sites for hydroxylation is 2. The lowest BCUT2D eigenvalue weighted by atomic mass is 10.1. The van der Waals surface area contributed by atoms with Crippen LogP contribution in [-0.4, -0.2) is 14.9 Å². The average Bonchev–Trinajstić information content (AvgIpc) is 2.64. The van der Waals surface area contributed by atoms with Crippen molar-refractivity contribution in [2.24, 2.45) is 0 Å². The number of aromatic nitrogens is 2. The Bertz CT molecular complexity index is 564. The number of hydrogen-bond acceptors (Lipinski definition) is 2. The quantitative estimate of drug-likeness (QED) is 0.850. The van der Waals surface area contributed by atoms with Gasteiger partial charge in [-0.05, 0) is 37.1 Å². The van der Waals surface area contributed by atoms with Gasteiger partial charge in [-0.15, -0.1) is 0 Å². The standard InChI is InChI=1S/C12H11F3N2O/c1-7-3-10(18)4-8(2)11(7)17-6-9(5-16-17)12(13,14)15/h3-6,18H,1-2H3. The van der Waals surface area contributed by atoms with Crippen LogP contribution in [-0.2, 0) is 6.18 Å². The zero-order valence-electron chi connectivity index (χ0n) is 9.78. The second-order valence-corrected chi connectivity index (χ2v) is 4.10. The van der Waals surface area contributed by atoms with Crippen molar-refractivity contribution in [3.63, 3.8) is 0 Å². The first-order valence-electron chi connectivity index (χ1n) is 5.21. The molecule has 2 aromatic rings. The highest BCUT2D eigenvalue weighted by molar-refractivity contribution is 5.50. The monoisotopic (exact) mass is 256 g/mol. The van der Waals surface area contributed by atoms with Gasteiger partial charge < -0.3 is 5.11 Å². The van der Waals surface area contributed by atoms with Gasteiger partial charge in [0.15, 0.2) is 0 Å². The maximum absolute atomic E-state index is 12.5. The van der Waals surface area contributed by atoms with Gasteiger partial charge in [0.25, 0.3) is 0 Å². The highest BCUT2D eigenvalue weighted by Crippen LogP contribution is 2.30. The summed E-state index contributed by atoms with van der Waals surface area (Å²) in [6, 6.07) is 2.97. The average molecular weight is 256 g/mol. The van der Waals surface area contributed by atoms with Gasteiger partial charge in [-0.25, -0.2) is 4.68 Å². The molecule has 0 bridgehead atoms. The molecule has 2 rings (SSSR count). The van der Waals surface area contributed by atoms with Crippen molar-refractivity contribution in [2.75, 3.05) is 0 Å². The molecule has 6 heteroatoms. The Kier molecular flexibility index (Phi) is 2.80. The molecule has 0 atom stereocenters. The van der Waals surface area contributed by atoms with Gasteiger partial charge in [0, 0.05) is 6.20 Å². The Morgan fingerprint density at radius 3 is 2.17 bits per heavy atom. The summed E-state index contributed by atoms with van der Waals surface area (Å²) in [6.07, 6.45) is -2.69. The number of phenolic OH excluding ortho intramolecular Hbond substituents is 1. The molecule has 1 N–H and O–H groups in total. The Labute approximate surface area is 101 Å². The van der Waals surface area contributed by atoms with Gasteiger partial charge in [0.05, 0.1) is 17.4 Å². The number of aromatic hydroxyl groups is 1. The molecule has 1 aromatic carbocycles. The molecule has 1 aromatic heterocycles. The number of halogens is 3. The molecule has 1 heterocycles. The number of hydrogen-bond donors (Lipinski definition) is 1. The van der Waals surface area contributed by atoms with Crippen LogP contribution in [0, 0.1) is 13.8 Å². The maximum Gasteiger partial charge on any atom is 0.419 e. The fraction of sp³-hybridized carbons (Fsp3) is 0.250. The number of rotatable bonds is 1. The highest BCUT2D eigenvalue weighted by atomic mass is 19.4. The topological polar surface area (TPSA) is 38.0 Å². The molecular formula is C12H11F3N2O. The third kappa shape index (κ3) is 2.18. The van der Waals surface area contributed by atoms with Crippen LogP contribution in [0.3, 0.4) is 0 Å². The number of benzene rings is 1. The van der Waals surface area contributed by atoms with E-state index in [-0.39, 0.29) is 5.75 Å². The van der Waals surface area contributed by atoms with E-state index >= 15 is 0 Å². The van der Waals surface area contributed by atoms with Crippen LogP contribution in [0.15, 0.2) is 24.5 Å². The van der Waals surface area contributed by atoms with E-state index in [4.69, 9.17) is 0 Å². The molecule has 3 nitrogen and oxygen atoms in total. The van der Waals surface area contributed by atoms with E-state index in [2.05, 4.69) is 5.10 Å². The molecule has 0 amide bonds. The summed E-state index contributed by atoms with van der Waals surface area (Å²) in [4.78, 5) is 0. The minimum atomic E-state index is -4.41. The Hall–Kier alpha value is -1.98. The molecule has 0 fully saturated rings. The molecule has 0 spiro atoms. The molecule has 0 saturated carbocycles. The summed E-state index contributed by atoms with van der Waals surface area (Å²) < 4.78 is 38.6. The predicted molar refractivity (Wildman–Crippen MR) is 59.7 cm³/mol. The number of nitrogens with zero attached hydrogens (tertiary/aromatic N) is 2. The third-order valence-electron chi connectivity index (χ3n) is 2.61. The fourth-order valence-corrected chi connectivity index (χ4v) is 1.89. The maximum atomic E-state index is 12.5. The molecule has 0 saturated heterocycles. The summed E-state index contributed by atoms with van der Waals surface area (Å²) in [7, 11) is 0. The van der Waals surface area contributed by atoms with Crippen LogP contribution >= 0.6 is 0 Å². The van der Waals surface area contributed by atoms with Crippen molar-refractivity contribution >= 4 is 0 Å². The largest absolute Gasteiger partial charge is 0.508 e. The third-order valence-corrected chi connectivity index (χ3v) is 2.61. The lowest BCUT2D eigenvalue weighted by Gasteiger charge is -2.10. The SMILES string of the molecule is Cc1cc(O)cc(C)c1-n1cc(C(F)(F)F)cn1. The molecule has 0 unspecified atom stereocenters. The van der Waals surface area contributed by atoms with Gasteiger partial charge in [-0.3, -0.25) is 0 Å². The lowest BCUT2D eigenvalue weighted by Crippen LogP contribution is -2.04. The van der Waals surface area contributed by atoms with Gasteiger partial charge in [-0.1, -0.05) is 0 Å². The van der Waals surface area contributed by atoms with Crippen molar-refractivity contribution in [1.82, 2.24) is 9.78 Å². The number of alkyl halides is 3. The van der Waals surface area contributed by atoms with Gasteiger partial charge in [-0.2, -0.15) is 18.3 Å². The van der Waals surface area contributed by atoms with E-state index in [1.54, 1.807) is 13.8 Å². The van der Waals surface area contributed by atoms with Crippen molar-refractivity contribution in [3.05, 3.63) is 41.2 Å². The first-order chi connectivity index (χ1) is 8.29. The normalized spacial score (nSPS) is 11.8. The van der Waals surface area contributed by atoms with Gasteiger partial charge >= 0.3 is 6.18 Å². The fourth-order valence-electron chi connectivity index (χ4n) is 1.89. The summed E-state index contributed by atoms with van der Waals surface area (Å²) in [5, 5.41) is 13.1. The smallest absolute Gasteiger partial charge is 0.419 e. The van der Waals surface area contributed by atoms with Crippen molar-refractivity contribution in [1.29, 1.82) is 0 Å². The molecule has 0 radical (unpaired) electrons. The van der Waals surface area contributed by atoms with Crippen LogP contribution in [0.5, 0.6) is 5.75 Å². The van der Waals surface area contributed by atoms with E-state index in [0.717, 1.165) is 12.4 Å². The zero-order valence-corrected chi connectivity index (χ0v) is 9.78. The predicted octanol–water partition coefficient (Wildman–Crippen LogP) is 3.21. The minimum absolute atomic E-state index is 0.0805. The summed E-state index contributed by atoms with van der Waals surface area (Å²) >= 11 is 0. The molecule has 96 valence electrons. The second-order valence-electron chi connectivity index (χ2n) is 4.10. The summed E-state index contributed by atoms with van der Waals surface area (Å²) in [6.45, 7) is 3.41. The van der Waals surface area contributed by atoms with E-state index in [0.29, 0.717) is 16.8 Å². The summed E-state index contributed by atoms with van der Waals surface area (Å²) in [5.74, 6) is 0.0805. The molecular weight excluding hydrogens is 245 g/mol. The van der Waals surface area contributed by atoms with Crippen LogP contribution in [0.25, 0.3) is 5.69 Å². The van der Waals surface area contributed by atoms with Gasteiger partial charge in [0.2, 0.25) is 0 Å². The molecule has 0 aliphatic heterocycles. The minimum Gasteiger partial charge on any atom is -0.508 e. The van der Waals surface area contributed by atoms with E-state index in [1.165, 1.54) is 16.8 Å². The van der Waals surface area contributed by atoms with Crippen LogP contribution in [0.2, 0.25) is 0 Å². The summed E-state index contributed by atoms with van der Waals surface area (Å²) in [5.41, 5.74) is 1.06.